The SMILES string of the molecule is CC(C)(C)OC(=O)N1C2C=C(c3ccc(CCN)cc3)CC1CC2. The van der Waals surface area contributed by atoms with Crippen molar-refractivity contribution >= 4 is 11.7 Å². The molecule has 2 aliphatic rings. The maximum absolute atomic E-state index is 12.5. The number of nitrogens with two attached hydrogens (primary N) is 1. The van der Waals surface area contributed by atoms with Crippen LogP contribution in [0.4, 0.5) is 4.79 Å². The Morgan fingerprint density at radius 2 is 1.96 bits per heavy atom. The van der Waals surface area contributed by atoms with E-state index in [1.807, 2.05) is 25.7 Å². The second-order valence-electron chi connectivity index (χ2n) is 7.82. The predicted molar refractivity (Wildman–Crippen MR) is 96.7 cm³/mol. The average molecular weight is 328 g/mol. The molecule has 4 nitrogen and oxygen atoms in total. The van der Waals surface area contributed by atoms with Crippen LogP contribution in [0.25, 0.3) is 5.57 Å². The summed E-state index contributed by atoms with van der Waals surface area (Å²) in [5.41, 5.74) is 9.05. The van der Waals surface area contributed by atoms with E-state index in [4.69, 9.17) is 10.5 Å². The van der Waals surface area contributed by atoms with Crippen LogP contribution < -0.4 is 5.73 Å². The Morgan fingerprint density at radius 1 is 1.25 bits per heavy atom. The molecule has 2 atom stereocenters. The highest BCUT2D eigenvalue weighted by atomic mass is 16.6. The van der Waals surface area contributed by atoms with Gasteiger partial charge in [-0.15, -0.1) is 0 Å². The first-order chi connectivity index (χ1) is 11.4. The fourth-order valence-electron chi connectivity index (χ4n) is 3.70. The third-order valence-electron chi connectivity index (χ3n) is 4.76. The van der Waals surface area contributed by atoms with Gasteiger partial charge in [-0.1, -0.05) is 30.3 Å². The highest BCUT2D eigenvalue weighted by molar-refractivity contribution is 5.75. The summed E-state index contributed by atoms with van der Waals surface area (Å²) in [5.74, 6) is 0. The molecule has 4 heteroatoms. The molecule has 0 aliphatic carbocycles. The van der Waals surface area contributed by atoms with Gasteiger partial charge >= 0.3 is 6.09 Å². The van der Waals surface area contributed by atoms with E-state index in [-0.39, 0.29) is 18.2 Å². The molecule has 2 heterocycles. The molecule has 0 aromatic heterocycles. The molecule has 0 radical (unpaired) electrons. The first-order valence-electron chi connectivity index (χ1n) is 8.89. The third-order valence-corrected chi connectivity index (χ3v) is 4.76. The second kappa shape index (κ2) is 6.60. The first-order valence-corrected chi connectivity index (χ1v) is 8.89. The zero-order chi connectivity index (χ0) is 17.3. The van der Waals surface area contributed by atoms with Crippen molar-refractivity contribution in [3.05, 3.63) is 41.5 Å². The zero-order valence-corrected chi connectivity index (χ0v) is 14.9. The quantitative estimate of drug-likeness (QED) is 0.919. The van der Waals surface area contributed by atoms with Crippen molar-refractivity contribution in [2.75, 3.05) is 6.54 Å². The Labute approximate surface area is 144 Å². The van der Waals surface area contributed by atoms with E-state index in [1.165, 1.54) is 16.7 Å². The maximum Gasteiger partial charge on any atom is 0.411 e. The number of hydrogen-bond donors (Lipinski definition) is 1. The number of benzene rings is 1. The van der Waals surface area contributed by atoms with Crippen LogP contribution in [0, 0.1) is 0 Å². The molecule has 3 rings (SSSR count). The van der Waals surface area contributed by atoms with Crippen LogP contribution in [0.5, 0.6) is 0 Å². The molecule has 130 valence electrons. The lowest BCUT2D eigenvalue weighted by Gasteiger charge is -2.35. The Kier molecular flexibility index (Phi) is 4.68. The lowest BCUT2D eigenvalue weighted by Crippen LogP contribution is -2.45. The van der Waals surface area contributed by atoms with E-state index in [1.54, 1.807) is 0 Å². The van der Waals surface area contributed by atoms with E-state index in [2.05, 4.69) is 30.3 Å². The molecule has 24 heavy (non-hydrogen) atoms. The number of nitrogens with zero attached hydrogens (tertiary/aromatic N) is 1. The molecular formula is C20H28N2O2. The summed E-state index contributed by atoms with van der Waals surface area (Å²) in [6.07, 6.45) is 5.98. The summed E-state index contributed by atoms with van der Waals surface area (Å²) < 4.78 is 5.59. The van der Waals surface area contributed by atoms with Crippen LogP contribution >= 0.6 is 0 Å². The molecule has 0 saturated carbocycles. The Morgan fingerprint density at radius 3 is 2.54 bits per heavy atom. The van der Waals surface area contributed by atoms with Gasteiger partial charge in [0.05, 0.1) is 6.04 Å². The topological polar surface area (TPSA) is 55.6 Å². The van der Waals surface area contributed by atoms with Crippen molar-refractivity contribution in [1.82, 2.24) is 4.90 Å². The lowest BCUT2D eigenvalue weighted by molar-refractivity contribution is 0.0175. The van der Waals surface area contributed by atoms with Crippen molar-refractivity contribution in [3.8, 4) is 0 Å². The molecule has 2 unspecified atom stereocenters. The van der Waals surface area contributed by atoms with Crippen molar-refractivity contribution in [2.24, 2.45) is 5.73 Å². The molecule has 1 amide bonds. The van der Waals surface area contributed by atoms with E-state index in [0.29, 0.717) is 6.54 Å². The van der Waals surface area contributed by atoms with Gasteiger partial charge in [-0.25, -0.2) is 4.79 Å². The van der Waals surface area contributed by atoms with Crippen molar-refractivity contribution in [3.63, 3.8) is 0 Å². The molecule has 1 aromatic carbocycles. The van der Waals surface area contributed by atoms with Gasteiger partial charge in [-0.05, 0) is 69.7 Å². The first kappa shape index (κ1) is 17.0. The second-order valence-corrected chi connectivity index (χ2v) is 7.82. The zero-order valence-electron chi connectivity index (χ0n) is 14.9. The van der Waals surface area contributed by atoms with Crippen LogP contribution in [0.3, 0.4) is 0 Å². The van der Waals surface area contributed by atoms with E-state index in [0.717, 1.165) is 25.7 Å². The summed E-state index contributed by atoms with van der Waals surface area (Å²) in [5, 5.41) is 0. The van der Waals surface area contributed by atoms with Gasteiger partial charge in [0, 0.05) is 6.04 Å². The lowest BCUT2D eigenvalue weighted by atomic mass is 9.94. The van der Waals surface area contributed by atoms with Crippen LogP contribution in [0.1, 0.15) is 51.2 Å². The van der Waals surface area contributed by atoms with Gasteiger partial charge in [0.1, 0.15) is 5.60 Å². The van der Waals surface area contributed by atoms with Gasteiger partial charge in [0.25, 0.3) is 0 Å². The highest BCUT2D eigenvalue weighted by Gasteiger charge is 2.41. The largest absolute Gasteiger partial charge is 0.444 e. The molecule has 2 aliphatic heterocycles. The van der Waals surface area contributed by atoms with Gasteiger partial charge < -0.3 is 10.5 Å². The number of ether oxygens (including phenoxy) is 1. The number of amides is 1. The maximum atomic E-state index is 12.5. The van der Waals surface area contributed by atoms with E-state index in [9.17, 15) is 4.79 Å². The minimum absolute atomic E-state index is 0.164. The number of carbonyl (C=O) groups excluding carboxylic acids is 1. The summed E-state index contributed by atoms with van der Waals surface area (Å²) in [6, 6.07) is 9.10. The Bertz CT molecular complexity index is 628. The fraction of sp³-hybridized carbons (Fsp3) is 0.550. The summed E-state index contributed by atoms with van der Waals surface area (Å²) >= 11 is 0. The van der Waals surface area contributed by atoms with Gasteiger partial charge in [0.2, 0.25) is 0 Å². The number of hydrogen-bond acceptors (Lipinski definition) is 3. The smallest absolute Gasteiger partial charge is 0.411 e. The molecule has 2 N–H and O–H groups in total. The Hall–Kier alpha value is -1.81. The van der Waals surface area contributed by atoms with Crippen molar-refractivity contribution in [1.29, 1.82) is 0 Å². The highest BCUT2D eigenvalue weighted by Crippen LogP contribution is 2.39. The molecule has 1 fully saturated rings. The summed E-state index contributed by atoms with van der Waals surface area (Å²) in [6.45, 7) is 6.43. The van der Waals surface area contributed by atoms with Crippen LogP contribution in [-0.2, 0) is 11.2 Å². The molecular weight excluding hydrogens is 300 g/mol. The van der Waals surface area contributed by atoms with Crippen LogP contribution in [-0.4, -0.2) is 35.2 Å². The standard InChI is InChI=1S/C20H28N2O2/c1-20(2,3)24-19(23)22-17-8-9-18(22)13-16(12-17)15-6-4-14(5-7-15)10-11-21/h4-7,12,17-18H,8-11,13,21H2,1-3H3. The van der Waals surface area contributed by atoms with Crippen LogP contribution in [0.15, 0.2) is 30.3 Å². The van der Waals surface area contributed by atoms with Crippen molar-refractivity contribution < 1.29 is 9.53 Å². The minimum atomic E-state index is -0.445. The van der Waals surface area contributed by atoms with Crippen molar-refractivity contribution in [2.45, 2.75) is 64.1 Å². The third kappa shape index (κ3) is 3.64. The molecule has 0 spiro atoms. The number of rotatable bonds is 3. The van der Waals surface area contributed by atoms with Gasteiger partial charge in [0.15, 0.2) is 0 Å². The normalized spacial score (nSPS) is 23.2. The summed E-state index contributed by atoms with van der Waals surface area (Å²) in [7, 11) is 0. The van der Waals surface area contributed by atoms with E-state index >= 15 is 0 Å². The number of carbonyl (C=O) groups is 1. The van der Waals surface area contributed by atoms with E-state index < -0.39 is 5.60 Å². The number of fused-ring (bicyclic) bond motifs is 2. The minimum Gasteiger partial charge on any atom is -0.444 e. The summed E-state index contributed by atoms with van der Waals surface area (Å²) in [4.78, 5) is 14.4. The molecule has 1 saturated heterocycles. The molecule has 1 aromatic rings. The molecule has 2 bridgehead atoms. The Balaban J connectivity index is 1.75. The van der Waals surface area contributed by atoms with Crippen LogP contribution in [0.2, 0.25) is 0 Å². The monoisotopic (exact) mass is 328 g/mol. The van der Waals surface area contributed by atoms with Gasteiger partial charge in [-0.2, -0.15) is 0 Å². The van der Waals surface area contributed by atoms with Gasteiger partial charge in [-0.3, -0.25) is 4.90 Å². The predicted octanol–water partition coefficient (Wildman–Crippen LogP) is 3.74. The fourth-order valence-corrected chi connectivity index (χ4v) is 3.70. The average Bonchev–Trinajstić information content (AvgIpc) is 2.77.